The lowest BCUT2D eigenvalue weighted by atomic mass is 10.0. The Hall–Kier alpha value is -1.08. The lowest BCUT2D eigenvalue weighted by molar-refractivity contribution is 0.602. The zero-order valence-electron chi connectivity index (χ0n) is 10.7. The van der Waals surface area contributed by atoms with E-state index < -0.39 is 0 Å². The minimum absolute atomic E-state index is 0.397. The fraction of sp³-hybridized carbons (Fsp3) is 0.467. The Balaban J connectivity index is 2.52. The predicted octanol–water partition coefficient (Wildman–Crippen LogP) is 3.87. The van der Waals surface area contributed by atoms with E-state index in [-0.39, 0.29) is 0 Å². The molecule has 0 amide bonds. The largest absolute Gasteiger partial charge is 0.306 e. The van der Waals surface area contributed by atoms with E-state index in [1.165, 1.54) is 16.7 Å². The van der Waals surface area contributed by atoms with Crippen molar-refractivity contribution in [3.05, 3.63) is 47.5 Å². The number of aryl methyl sites for hydroxylation is 1. The molecule has 0 aliphatic carbocycles. The first kappa shape index (κ1) is 13.0. The van der Waals surface area contributed by atoms with Gasteiger partial charge in [-0.15, -0.1) is 0 Å². The zero-order chi connectivity index (χ0) is 12.0. The lowest BCUT2D eigenvalue weighted by Gasteiger charge is -2.15. The van der Waals surface area contributed by atoms with E-state index in [1.54, 1.807) is 0 Å². The first-order valence-corrected chi connectivity index (χ1v) is 6.16. The number of hydrogen-bond acceptors (Lipinski definition) is 1. The van der Waals surface area contributed by atoms with Gasteiger partial charge in [0, 0.05) is 12.6 Å². The summed E-state index contributed by atoms with van der Waals surface area (Å²) < 4.78 is 0. The van der Waals surface area contributed by atoms with E-state index in [1.807, 2.05) is 0 Å². The first-order chi connectivity index (χ1) is 7.67. The number of nitrogens with one attached hydrogen (secondary N) is 1. The molecule has 0 saturated heterocycles. The minimum Gasteiger partial charge on any atom is -0.306 e. The van der Waals surface area contributed by atoms with Crippen molar-refractivity contribution in [1.82, 2.24) is 5.32 Å². The molecular weight excluding hydrogens is 194 g/mol. The molecule has 1 nitrogen and oxygen atoms in total. The van der Waals surface area contributed by atoms with E-state index in [9.17, 15) is 0 Å². The third-order valence-corrected chi connectivity index (χ3v) is 3.05. The normalized spacial score (nSPS) is 12.4. The van der Waals surface area contributed by atoms with E-state index in [0.717, 1.165) is 19.4 Å². The summed E-state index contributed by atoms with van der Waals surface area (Å²) in [6, 6.07) is 9.25. The summed E-state index contributed by atoms with van der Waals surface area (Å²) in [4.78, 5) is 0. The molecule has 1 aromatic carbocycles. The second-order valence-corrected chi connectivity index (χ2v) is 4.30. The molecule has 0 heterocycles. The van der Waals surface area contributed by atoms with Crippen molar-refractivity contribution in [3.63, 3.8) is 0 Å². The molecule has 0 aromatic heterocycles. The Kier molecular flexibility index (Phi) is 5.27. The highest BCUT2D eigenvalue weighted by atomic mass is 14.9. The monoisotopic (exact) mass is 217 g/mol. The van der Waals surface area contributed by atoms with Gasteiger partial charge in [0.2, 0.25) is 0 Å². The Labute approximate surface area is 99.6 Å². The van der Waals surface area contributed by atoms with Gasteiger partial charge in [0.1, 0.15) is 0 Å². The number of rotatable bonds is 6. The van der Waals surface area contributed by atoms with Crippen molar-refractivity contribution < 1.29 is 0 Å². The Morgan fingerprint density at radius 3 is 2.38 bits per heavy atom. The van der Waals surface area contributed by atoms with Gasteiger partial charge in [0.15, 0.2) is 0 Å². The Bertz CT molecular complexity index is 324. The molecule has 0 aliphatic rings. The fourth-order valence-corrected chi connectivity index (χ4v) is 1.58. The molecule has 0 bridgehead atoms. The number of benzene rings is 1. The standard InChI is InChI=1S/C15H23N/c1-5-12(3)11-16-13(4)15-9-7-14(6-2)8-10-15/h7-10,13,16H,3,5-6,11H2,1-2,4H3. The van der Waals surface area contributed by atoms with E-state index in [0.29, 0.717) is 6.04 Å². The van der Waals surface area contributed by atoms with Crippen LogP contribution < -0.4 is 5.32 Å². The molecule has 1 heteroatoms. The van der Waals surface area contributed by atoms with Crippen LogP contribution in [0.25, 0.3) is 0 Å². The van der Waals surface area contributed by atoms with Gasteiger partial charge < -0.3 is 5.32 Å². The molecule has 88 valence electrons. The third kappa shape index (κ3) is 3.82. The molecule has 16 heavy (non-hydrogen) atoms. The fourth-order valence-electron chi connectivity index (χ4n) is 1.58. The van der Waals surface area contributed by atoms with E-state index >= 15 is 0 Å². The van der Waals surface area contributed by atoms with Gasteiger partial charge in [-0.05, 0) is 30.9 Å². The van der Waals surface area contributed by atoms with Crippen LogP contribution in [0.15, 0.2) is 36.4 Å². The van der Waals surface area contributed by atoms with Gasteiger partial charge in [-0.3, -0.25) is 0 Å². The van der Waals surface area contributed by atoms with Crippen LogP contribution in [-0.4, -0.2) is 6.54 Å². The quantitative estimate of drug-likeness (QED) is 0.713. The highest BCUT2D eigenvalue weighted by Crippen LogP contribution is 2.14. The van der Waals surface area contributed by atoms with Gasteiger partial charge in [0.25, 0.3) is 0 Å². The maximum atomic E-state index is 4.00. The van der Waals surface area contributed by atoms with Crippen molar-refractivity contribution >= 4 is 0 Å². The van der Waals surface area contributed by atoms with Crippen LogP contribution in [-0.2, 0) is 6.42 Å². The van der Waals surface area contributed by atoms with Crippen molar-refractivity contribution in [2.75, 3.05) is 6.54 Å². The molecule has 1 N–H and O–H groups in total. The topological polar surface area (TPSA) is 12.0 Å². The summed E-state index contributed by atoms with van der Waals surface area (Å²) in [5.74, 6) is 0. The predicted molar refractivity (Wildman–Crippen MR) is 71.7 cm³/mol. The molecule has 0 saturated carbocycles. The van der Waals surface area contributed by atoms with Crippen LogP contribution in [0.2, 0.25) is 0 Å². The van der Waals surface area contributed by atoms with Crippen LogP contribution in [0.5, 0.6) is 0 Å². The van der Waals surface area contributed by atoms with Crippen LogP contribution >= 0.6 is 0 Å². The molecule has 0 fully saturated rings. The van der Waals surface area contributed by atoms with Gasteiger partial charge in [-0.2, -0.15) is 0 Å². The average molecular weight is 217 g/mol. The molecular formula is C15H23N. The maximum absolute atomic E-state index is 4.00. The summed E-state index contributed by atoms with van der Waals surface area (Å²) in [6.45, 7) is 11.4. The second kappa shape index (κ2) is 6.49. The van der Waals surface area contributed by atoms with Crippen LogP contribution in [0.3, 0.4) is 0 Å². The molecule has 1 atom stereocenters. The van der Waals surface area contributed by atoms with Gasteiger partial charge in [-0.1, -0.05) is 50.3 Å². The Morgan fingerprint density at radius 1 is 1.25 bits per heavy atom. The number of hydrogen-bond donors (Lipinski definition) is 1. The smallest absolute Gasteiger partial charge is 0.0294 e. The molecule has 1 unspecified atom stereocenters. The van der Waals surface area contributed by atoms with E-state index in [2.05, 4.69) is 56.9 Å². The van der Waals surface area contributed by atoms with Crippen LogP contribution in [0, 0.1) is 0 Å². The summed E-state index contributed by atoms with van der Waals surface area (Å²) in [7, 11) is 0. The Morgan fingerprint density at radius 2 is 1.88 bits per heavy atom. The van der Waals surface area contributed by atoms with Crippen molar-refractivity contribution in [2.45, 2.75) is 39.7 Å². The molecule has 1 aromatic rings. The molecule has 0 radical (unpaired) electrons. The molecule has 0 spiro atoms. The maximum Gasteiger partial charge on any atom is 0.0294 e. The van der Waals surface area contributed by atoms with Crippen molar-refractivity contribution in [1.29, 1.82) is 0 Å². The SMILES string of the molecule is C=C(CC)CNC(C)c1ccc(CC)cc1. The average Bonchev–Trinajstić information content (AvgIpc) is 2.35. The summed E-state index contributed by atoms with van der Waals surface area (Å²) in [6.07, 6.45) is 2.16. The molecule has 1 rings (SSSR count). The highest BCUT2D eigenvalue weighted by Gasteiger charge is 2.04. The van der Waals surface area contributed by atoms with Crippen molar-refractivity contribution in [3.8, 4) is 0 Å². The third-order valence-electron chi connectivity index (χ3n) is 3.05. The lowest BCUT2D eigenvalue weighted by Crippen LogP contribution is -2.20. The van der Waals surface area contributed by atoms with Crippen LogP contribution in [0.1, 0.15) is 44.4 Å². The summed E-state index contributed by atoms with van der Waals surface area (Å²) >= 11 is 0. The second-order valence-electron chi connectivity index (χ2n) is 4.30. The van der Waals surface area contributed by atoms with E-state index in [4.69, 9.17) is 0 Å². The van der Waals surface area contributed by atoms with Gasteiger partial charge in [0.05, 0.1) is 0 Å². The minimum atomic E-state index is 0.397. The highest BCUT2D eigenvalue weighted by molar-refractivity contribution is 5.24. The van der Waals surface area contributed by atoms with Gasteiger partial charge in [-0.25, -0.2) is 0 Å². The van der Waals surface area contributed by atoms with Crippen LogP contribution in [0.4, 0.5) is 0 Å². The zero-order valence-corrected chi connectivity index (χ0v) is 10.7. The molecule has 0 aliphatic heterocycles. The van der Waals surface area contributed by atoms with Crippen molar-refractivity contribution in [2.24, 2.45) is 0 Å². The first-order valence-electron chi connectivity index (χ1n) is 6.16. The van der Waals surface area contributed by atoms with Gasteiger partial charge >= 0.3 is 0 Å². The summed E-state index contributed by atoms with van der Waals surface area (Å²) in [5.41, 5.74) is 4.01. The summed E-state index contributed by atoms with van der Waals surface area (Å²) in [5, 5.41) is 3.49.